The molecular formula is C8H19NO2S. The van der Waals surface area contributed by atoms with Crippen LogP contribution < -0.4 is 5.32 Å². The standard InChI is InChI=1S/C8H19NO2S/c1-12-5-3-2-4-9-8(6-10)7-11/h8-11H,2-7H2,1H3. The number of aliphatic hydroxyl groups is 2. The second-order valence-electron chi connectivity index (χ2n) is 2.72. The SMILES string of the molecule is CSCCCCNC(CO)CO. The fraction of sp³-hybridized carbons (Fsp3) is 1.00. The fourth-order valence-electron chi connectivity index (χ4n) is 0.864. The summed E-state index contributed by atoms with van der Waals surface area (Å²) < 4.78 is 0. The first-order valence-electron chi connectivity index (χ1n) is 4.29. The van der Waals surface area contributed by atoms with Crippen LogP contribution >= 0.6 is 11.8 Å². The number of hydrogen-bond acceptors (Lipinski definition) is 4. The Hall–Kier alpha value is 0.230. The summed E-state index contributed by atoms with van der Waals surface area (Å²) >= 11 is 1.85. The van der Waals surface area contributed by atoms with Crippen molar-refractivity contribution >= 4 is 11.8 Å². The second-order valence-corrected chi connectivity index (χ2v) is 3.70. The number of nitrogens with one attached hydrogen (secondary N) is 1. The van der Waals surface area contributed by atoms with Crippen molar-refractivity contribution in [1.29, 1.82) is 0 Å². The molecule has 0 amide bonds. The summed E-state index contributed by atoms with van der Waals surface area (Å²) in [4.78, 5) is 0. The van der Waals surface area contributed by atoms with E-state index in [2.05, 4.69) is 11.6 Å². The first kappa shape index (κ1) is 12.2. The lowest BCUT2D eigenvalue weighted by atomic mass is 10.3. The second kappa shape index (κ2) is 9.32. The molecule has 0 aromatic heterocycles. The van der Waals surface area contributed by atoms with Gasteiger partial charge in [-0.15, -0.1) is 0 Å². The summed E-state index contributed by atoms with van der Waals surface area (Å²) in [6.07, 6.45) is 4.40. The van der Waals surface area contributed by atoms with Crippen LogP contribution in [-0.4, -0.2) is 48.0 Å². The predicted octanol–water partition coefficient (Wildman–Crippen LogP) is 0.0724. The highest BCUT2D eigenvalue weighted by molar-refractivity contribution is 7.98. The van der Waals surface area contributed by atoms with Crippen LogP contribution in [0.4, 0.5) is 0 Å². The Balaban J connectivity index is 3.06. The van der Waals surface area contributed by atoms with Crippen molar-refractivity contribution in [3.05, 3.63) is 0 Å². The minimum Gasteiger partial charge on any atom is -0.395 e. The summed E-state index contributed by atoms with van der Waals surface area (Å²) in [5.74, 6) is 1.19. The zero-order chi connectivity index (χ0) is 9.23. The molecule has 0 bridgehead atoms. The van der Waals surface area contributed by atoms with E-state index in [0.29, 0.717) is 0 Å². The molecule has 0 unspecified atom stereocenters. The Kier molecular flexibility index (Phi) is 9.50. The molecule has 4 heteroatoms. The molecule has 0 aromatic rings. The highest BCUT2D eigenvalue weighted by atomic mass is 32.2. The summed E-state index contributed by atoms with van der Waals surface area (Å²) in [6, 6.07) is -0.140. The van der Waals surface area contributed by atoms with Gasteiger partial charge in [0.2, 0.25) is 0 Å². The molecule has 0 rings (SSSR count). The summed E-state index contributed by atoms with van der Waals surface area (Å²) in [7, 11) is 0. The Morgan fingerprint density at radius 3 is 2.42 bits per heavy atom. The summed E-state index contributed by atoms with van der Waals surface area (Å²) in [5, 5.41) is 20.5. The van der Waals surface area contributed by atoms with E-state index < -0.39 is 0 Å². The van der Waals surface area contributed by atoms with Gasteiger partial charge in [-0.05, 0) is 31.4 Å². The predicted molar refractivity (Wildman–Crippen MR) is 53.6 cm³/mol. The van der Waals surface area contributed by atoms with E-state index in [9.17, 15) is 0 Å². The van der Waals surface area contributed by atoms with Crippen LogP contribution in [0.25, 0.3) is 0 Å². The molecule has 0 saturated heterocycles. The molecule has 0 saturated carbocycles. The first-order chi connectivity index (χ1) is 5.85. The van der Waals surface area contributed by atoms with Gasteiger partial charge in [0.25, 0.3) is 0 Å². The Morgan fingerprint density at radius 1 is 1.25 bits per heavy atom. The molecule has 0 aliphatic heterocycles. The van der Waals surface area contributed by atoms with Crippen molar-refractivity contribution in [2.45, 2.75) is 18.9 Å². The van der Waals surface area contributed by atoms with Gasteiger partial charge in [-0.25, -0.2) is 0 Å². The molecule has 3 nitrogen and oxygen atoms in total. The zero-order valence-corrected chi connectivity index (χ0v) is 8.44. The molecule has 3 N–H and O–H groups in total. The number of unbranched alkanes of at least 4 members (excludes halogenated alkanes) is 1. The topological polar surface area (TPSA) is 52.5 Å². The lowest BCUT2D eigenvalue weighted by molar-refractivity contribution is 0.171. The maximum atomic E-state index is 8.70. The average molecular weight is 193 g/mol. The van der Waals surface area contributed by atoms with Crippen molar-refractivity contribution in [2.24, 2.45) is 0 Å². The monoisotopic (exact) mass is 193 g/mol. The van der Waals surface area contributed by atoms with Crippen molar-refractivity contribution in [3.8, 4) is 0 Å². The van der Waals surface area contributed by atoms with Gasteiger partial charge in [0.15, 0.2) is 0 Å². The van der Waals surface area contributed by atoms with Crippen LogP contribution in [0.2, 0.25) is 0 Å². The molecule has 0 atom stereocenters. The largest absolute Gasteiger partial charge is 0.395 e. The molecule has 0 heterocycles. The van der Waals surface area contributed by atoms with Gasteiger partial charge < -0.3 is 15.5 Å². The van der Waals surface area contributed by atoms with Gasteiger partial charge >= 0.3 is 0 Å². The van der Waals surface area contributed by atoms with E-state index in [-0.39, 0.29) is 19.3 Å². The van der Waals surface area contributed by atoms with Crippen LogP contribution in [0.1, 0.15) is 12.8 Å². The highest BCUT2D eigenvalue weighted by Gasteiger charge is 2.02. The van der Waals surface area contributed by atoms with Crippen LogP contribution in [0.3, 0.4) is 0 Å². The van der Waals surface area contributed by atoms with Gasteiger partial charge in [-0.1, -0.05) is 0 Å². The Morgan fingerprint density at radius 2 is 1.92 bits per heavy atom. The Labute approximate surface area is 78.6 Å². The van der Waals surface area contributed by atoms with Gasteiger partial charge in [-0.3, -0.25) is 0 Å². The smallest absolute Gasteiger partial charge is 0.0607 e. The van der Waals surface area contributed by atoms with Crippen LogP contribution in [0.5, 0.6) is 0 Å². The van der Waals surface area contributed by atoms with E-state index in [1.165, 1.54) is 12.2 Å². The van der Waals surface area contributed by atoms with Gasteiger partial charge in [0.1, 0.15) is 0 Å². The molecular weight excluding hydrogens is 174 g/mol. The molecule has 0 aliphatic carbocycles. The first-order valence-corrected chi connectivity index (χ1v) is 5.68. The summed E-state index contributed by atoms with van der Waals surface area (Å²) in [6.45, 7) is 0.907. The molecule has 0 aromatic carbocycles. The number of aliphatic hydroxyl groups excluding tert-OH is 2. The van der Waals surface area contributed by atoms with Gasteiger partial charge in [-0.2, -0.15) is 11.8 Å². The minimum atomic E-state index is -0.140. The average Bonchev–Trinajstić information content (AvgIpc) is 2.11. The van der Waals surface area contributed by atoms with E-state index in [0.717, 1.165) is 13.0 Å². The molecule has 12 heavy (non-hydrogen) atoms. The lowest BCUT2D eigenvalue weighted by Crippen LogP contribution is -2.36. The third kappa shape index (κ3) is 6.91. The van der Waals surface area contributed by atoms with Crippen molar-refractivity contribution in [1.82, 2.24) is 5.32 Å². The number of thioether (sulfide) groups is 1. The van der Waals surface area contributed by atoms with E-state index in [1.54, 1.807) is 0 Å². The van der Waals surface area contributed by atoms with Gasteiger partial charge in [0, 0.05) is 0 Å². The van der Waals surface area contributed by atoms with Gasteiger partial charge in [0.05, 0.1) is 19.3 Å². The van der Waals surface area contributed by atoms with Crippen molar-refractivity contribution in [3.63, 3.8) is 0 Å². The maximum absolute atomic E-state index is 8.70. The third-order valence-electron chi connectivity index (χ3n) is 1.65. The molecule has 0 spiro atoms. The summed E-state index contributed by atoms with van der Waals surface area (Å²) in [5.41, 5.74) is 0. The minimum absolute atomic E-state index is 0.0129. The normalized spacial score (nSPS) is 11.0. The molecule has 74 valence electrons. The quantitative estimate of drug-likeness (QED) is 0.478. The van der Waals surface area contributed by atoms with Crippen molar-refractivity contribution in [2.75, 3.05) is 31.8 Å². The maximum Gasteiger partial charge on any atom is 0.0607 e. The Bertz CT molecular complexity index is 89.1. The zero-order valence-electron chi connectivity index (χ0n) is 7.62. The third-order valence-corrected chi connectivity index (χ3v) is 2.35. The highest BCUT2D eigenvalue weighted by Crippen LogP contribution is 1.97. The van der Waals surface area contributed by atoms with E-state index in [1.807, 2.05) is 11.8 Å². The van der Waals surface area contributed by atoms with Crippen LogP contribution in [0.15, 0.2) is 0 Å². The van der Waals surface area contributed by atoms with E-state index in [4.69, 9.17) is 10.2 Å². The lowest BCUT2D eigenvalue weighted by Gasteiger charge is -2.12. The van der Waals surface area contributed by atoms with Crippen molar-refractivity contribution < 1.29 is 10.2 Å². The number of hydrogen-bond donors (Lipinski definition) is 3. The molecule has 0 fully saturated rings. The van der Waals surface area contributed by atoms with Crippen LogP contribution in [0, 0.1) is 0 Å². The number of rotatable bonds is 8. The van der Waals surface area contributed by atoms with E-state index >= 15 is 0 Å². The fourth-order valence-corrected chi connectivity index (χ4v) is 1.36. The molecule has 0 aliphatic rings. The molecule has 0 radical (unpaired) electrons. The van der Waals surface area contributed by atoms with Crippen LogP contribution in [-0.2, 0) is 0 Å².